The van der Waals surface area contributed by atoms with Crippen LogP contribution < -0.4 is 10.1 Å². The van der Waals surface area contributed by atoms with E-state index in [2.05, 4.69) is 5.32 Å². The molecule has 0 bridgehead atoms. The van der Waals surface area contributed by atoms with Gasteiger partial charge in [-0.1, -0.05) is 19.3 Å². The molecule has 1 heterocycles. The van der Waals surface area contributed by atoms with Gasteiger partial charge in [0.25, 0.3) is 5.91 Å². The maximum atomic E-state index is 12.9. The summed E-state index contributed by atoms with van der Waals surface area (Å²) in [4.78, 5) is 39.2. The lowest BCUT2D eigenvalue weighted by Gasteiger charge is -2.35. The Balaban J connectivity index is 1.55. The van der Waals surface area contributed by atoms with Crippen LogP contribution in [-0.2, 0) is 9.59 Å². The van der Waals surface area contributed by atoms with E-state index < -0.39 is 11.6 Å². The predicted molar refractivity (Wildman–Crippen MR) is 103 cm³/mol. The van der Waals surface area contributed by atoms with Crippen LogP contribution in [0.1, 0.15) is 39.0 Å². The third-order valence-electron chi connectivity index (χ3n) is 5.49. The number of nitrogens with one attached hydrogen (secondary N) is 1. The highest BCUT2D eigenvalue weighted by Gasteiger charge is 2.55. The maximum Gasteiger partial charge on any atom is 0.327 e. The van der Waals surface area contributed by atoms with Gasteiger partial charge in [0.1, 0.15) is 24.0 Å². The summed E-state index contributed by atoms with van der Waals surface area (Å²) in [7, 11) is 1.67. The fourth-order valence-corrected chi connectivity index (χ4v) is 3.99. The summed E-state index contributed by atoms with van der Waals surface area (Å²) in [6.45, 7) is 1.29. The number of hydrogen-bond acceptors (Lipinski definition) is 5. The predicted octanol–water partition coefficient (Wildman–Crippen LogP) is 1.98. The van der Waals surface area contributed by atoms with E-state index in [1.807, 2.05) is 0 Å². The molecule has 1 unspecified atom stereocenters. The summed E-state index contributed by atoms with van der Waals surface area (Å²) < 4.78 is 5.55. The zero-order chi connectivity index (χ0) is 20.3. The van der Waals surface area contributed by atoms with Crippen molar-refractivity contribution in [2.75, 3.05) is 25.5 Å². The Morgan fingerprint density at radius 2 is 1.86 bits per heavy atom. The molecule has 28 heavy (non-hydrogen) atoms. The number of ether oxygens (including phenoxy) is 1. The topological polar surface area (TPSA) is 99.2 Å². The molecule has 2 aliphatic rings. The number of benzene rings is 1. The summed E-state index contributed by atoms with van der Waals surface area (Å²) in [6.07, 6.45) is 3.30. The van der Waals surface area contributed by atoms with E-state index in [4.69, 9.17) is 4.74 Å². The smallest absolute Gasteiger partial charge is 0.327 e. The zero-order valence-electron chi connectivity index (χ0n) is 16.3. The minimum Gasteiger partial charge on any atom is -0.491 e. The van der Waals surface area contributed by atoms with Gasteiger partial charge in [-0.2, -0.15) is 0 Å². The number of aliphatic hydroxyl groups is 1. The second-order valence-electron chi connectivity index (χ2n) is 7.52. The average molecular weight is 389 g/mol. The summed E-state index contributed by atoms with van der Waals surface area (Å²) in [5.41, 5.74) is -0.0930. The van der Waals surface area contributed by atoms with Crippen molar-refractivity contribution in [3.63, 3.8) is 0 Å². The van der Waals surface area contributed by atoms with E-state index in [-0.39, 0.29) is 31.0 Å². The number of hydrogen-bond donors (Lipinski definition) is 2. The summed E-state index contributed by atoms with van der Waals surface area (Å²) in [6, 6.07) is 6.38. The monoisotopic (exact) mass is 389 g/mol. The minimum absolute atomic E-state index is 0.0484. The van der Waals surface area contributed by atoms with E-state index in [1.165, 1.54) is 6.92 Å². The SMILES string of the molecule is CC(=O)Nc1ccc(OCC(O)CN2C(=O)N(C)C3(CCCCC3)C2=O)cc1. The molecule has 1 spiro atoms. The van der Waals surface area contributed by atoms with Gasteiger partial charge in [-0.3, -0.25) is 14.5 Å². The van der Waals surface area contributed by atoms with Gasteiger partial charge in [0.15, 0.2) is 0 Å². The summed E-state index contributed by atoms with van der Waals surface area (Å²) in [5.74, 6) is 0.149. The Morgan fingerprint density at radius 3 is 2.46 bits per heavy atom. The molecule has 2 N–H and O–H groups in total. The molecule has 3 rings (SSSR count). The molecule has 1 aromatic rings. The minimum atomic E-state index is -0.991. The lowest BCUT2D eigenvalue weighted by Crippen LogP contribution is -2.49. The average Bonchev–Trinajstić information content (AvgIpc) is 2.84. The van der Waals surface area contributed by atoms with E-state index in [1.54, 1.807) is 36.2 Å². The molecule has 1 aromatic carbocycles. The van der Waals surface area contributed by atoms with Crippen LogP contribution in [0.15, 0.2) is 24.3 Å². The Bertz CT molecular complexity index is 743. The molecule has 1 aliphatic carbocycles. The molecule has 0 radical (unpaired) electrons. The molecule has 152 valence electrons. The van der Waals surface area contributed by atoms with Gasteiger partial charge in [0.05, 0.1) is 6.54 Å². The molecular weight excluding hydrogens is 362 g/mol. The third kappa shape index (κ3) is 3.96. The van der Waals surface area contributed by atoms with Crippen molar-refractivity contribution in [3.05, 3.63) is 24.3 Å². The number of amides is 4. The number of imide groups is 1. The number of rotatable bonds is 6. The van der Waals surface area contributed by atoms with Gasteiger partial charge in [-0.25, -0.2) is 4.79 Å². The van der Waals surface area contributed by atoms with Crippen LogP contribution in [0.2, 0.25) is 0 Å². The van der Waals surface area contributed by atoms with Crippen LogP contribution >= 0.6 is 0 Å². The normalized spacial score (nSPS) is 19.8. The molecule has 0 aromatic heterocycles. The number of aliphatic hydroxyl groups excluding tert-OH is 1. The molecule has 8 heteroatoms. The summed E-state index contributed by atoms with van der Waals surface area (Å²) in [5, 5.41) is 13.0. The quantitative estimate of drug-likeness (QED) is 0.725. The Morgan fingerprint density at radius 1 is 1.21 bits per heavy atom. The second-order valence-corrected chi connectivity index (χ2v) is 7.52. The molecule has 1 aliphatic heterocycles. The highest BCUT2D eigenvalue weighted by atomic mass is 16.5. The number of nitrogens with zero attached hydrogens (tertiary/aromatic N) is 2. The van der Waals surface area contributed by atoms with Crippen molar-refractivity contribution in [2.24, 2.45) is 0 Å². The van der Waals surface area contributed by atoms with Crippen LogP contribution in [0.4, 0.5) is 10.5 Å². The second kappa shape index (κ2) is 8.18. The molecule has 8 nitrogen and oxygen atoms in total. The van der Waals surface area contributed by atoms with Crippen LogP contribution in [-0.4, -0.2) is 64.6 Å². The number of carbonyl (C=O) groups is 3. The van der Waals surface area contributed by atoms with Crippen molar-refractivity contribution >= 4 is 23.5 Å². The first-order valence-corrected chi connectivity index (χ1v) is 9.62. The fraction of sp³-hybridized carbons (Fsp3) is 0.550. The zero-order valence-corrected chi connectivity index (χ0v) is 16.3. The first-order chi connectivity index (χ1) is 13.3. The molecule has 2 fully saturated rings. The maximum absolute atomic E-state index is 12.9. The molecule has 1 atom stereocenters. The van der Waals surface area contributed by atoms with E-state index in [0.717, 1.165) is 24.2 Å². The van der Waals surface area contributed by atoms with E-state index in [9.17, 15) is 19.5 Å². The first kappa shape index (κ1) is 20.1. The van der Waals surface area contributed by atoms with Crippen molar-refractivity contribution in [1.29, 1.82) is 0 Å². The Labute approximate surface area is 164 Å². The van der Waals surface area contributed by atoms with Crippen LogP contribution in [0.5, 0.6) is 5.75 Å². The number of carbonyl (C=O) groups excluding carboxylic acids is 3. The van der Waals surface area contributed by atoms with Gasteiger partial charge >= 0.3 is 6.03 Å². The van der Waals surface area contributed by atoms with Gasteiger partial charge in [-0.15, -0.1) is 0 Å². The van der Waals surface area contributed by atoms with Crippen molar-refractivity contribution in [1.82, 2.24) is 9.80 Å². The van der Waals surface area contributed by atoms with Gasteiger partial charge in [-0.05, 0) is 37.1 Å². The lowest BCUT2D eigenvalue weighted by molar-refractivity contribution is -0.135. The van der Waals surface area contributed by atoms with Gasteiger partial charge in [0.2, 0.25) is 5.91 Å². The van der Waals surface area contributed by atoms with Crippen LogP contribution in [0.25, 0.3) is 0 Å². The third-order valence-corrected chi connectivity index (χ3v) is 5.49. The standard InChI is InChI=1S/C20H27N3O5/c1-14(24)21-15-6-8-17(9-7-15)28-13-16(25)12-23-18(26)20(22(2)19(23)27)10-4-3-5-11-20/h6-9,16,25H,3-5,10-13H2,1-2H3,(H,21,24). The lowest BCUT2D eigenvalue weighted by atomic mass is 9.81. The molecule has 4 amide bonds. The van der Waals surface area contributed by atoms with Crippen LogP contribution in [0, 0.1) is 0 Å². The van der Waals surface area contributed by atoms with E-state index >= 15 is 0 Å². The van der Waals surface area contributed by atoms with Crippen LogP contribution in [0.3, 0.4) is 0 Å². The highest BCUT2D eigenvalue weighted by Crippen LogP contribution is 2.39. The fourth-order valence-electron chi connectivity index (χ4n) is 3.99. The van der Waals surface area contributed by atoms with Gasteiger partial charge in [0, 0.05) is 19.7 Å². The van der Waals surface area contributed by atoms with Crippen molar-refractivity contribution < 1.29 is 24.2 Å². The van der Waals surface area contributed by atoms with Crippen molar-refractivity contribution in [3.8, 4) is 5.75 Å². The number of urea groups is 1. The molecule has 1 saturated heterocycles. The summed E-state index contributed by atoms with van der Waals surface area (Å²) >= 11 is 0. The number of β-amino-alcohol motifs (C(OH)–C–C–N with tert-alkyl or cyclic N) is 1. The van der Waals surface area contributed by atoms with E-state index in [0.29, 0.717) is 24.3 Å². The Hall–Kier alpha value is -2.61. The van der Waals surface area contributed by atoms with Crippen molar-refractivity contribution in [2.45, 2.75) is 50.7 Å². The number of likely N-dealkylation sites (N-methyl/N-ethyl adjacent to an activating group) is 1. The highest BCUT2D eigenvalue weighted by molar-refractivity contribution is 6.07. The Kier molecular flexibility index (Phi) is 5.88. The molecule has 1 saturated carbocycles. The van der Waals surface area contributed by atoms with Gasteiger partial charge < -0.3 is 20.1 Å². The molecular formula is C20H27N3O5. The number of anilines is 1. The largest absolute Gasteiger partial charge is 0.491 e. The first-order valence-electron chi connectivity index (χ1n) is 9.62.